The van der Waals surface area contributed by atoms with Gasteiger partial charge in [0, 0.05) is 36.9 Å². The molecule has 2 bridgehead atoms. The van der Waals surface area contributed by atoms with E-state index in [-0.39, 0.29) is 5.69 Å². The van der Waals surface area contributed by atoms with Gasteiger partial charge in [-0.25, -0.2) is 14.8 Å². The molecule has 2 unspecified atom stereocenters. The highest BCUT2D eigenvalue weighted by Crippen LogP contribution is 2.44. The Kier molecular flexibility index (Phi) is 3.28. The molecule has 0 radical (unpaired) electrons. The van der Waals surface area contributed by atoms with E-state index in [1.807, 2.05) is 17.9 Å². The van der Waals surface area contributed by atoms with Crippen LogP contribution < -0.4 is 4.90 Å². The Labute approximate surface area is 134 Å². The van der Waals surface area contributed by atoms with Crippen molar-refractivity contribution in [2.45, 2.75) is 43.7 Å². The van der Waals surface area contributed by atoms with Crippen molar-refractivity contribution < 1.29 is 9.90 Å². The van der Waals surface area contributed by atoms with E-state index in [9.17, 15) is 4.79 Å². The van der Waals surface area contributed by atoms with Crippen molar-refractivity contribution in [2.24, 2.45) is 7.05 Å². The first-order valence-electron chi connectivity index (χ1n) is 7.95. The van der Waals surface area contributed by atoms with E-state index in [0.717, 1.165) is 31.5 Å². The second-order valence-corrected chi connectivity index (χ2v) is 6.41. The first-order chi connectivity index (χ1) is 11.1. The zero-order chi connectivity index (χ0) is 16.0. The van der Waals surface area contributed by atoms with Crippen molar-refractivity contribution in [3.8, 4) is 0 Å². The molecule has 2 aliphatic heterocycles. The number of aromatic carboxylic acids is 1. The Bertz CT molecular complexity index is 712. The molecule has 2 aromatic rings. The normalized spacial score (nSPS) is 26.5. The third kappa shape index (κ3) is 2.36. The fourth-order valence-electron chi connectivity index (χ4n) is 4.14. The number of aromatic nitrogens is 4. The van der Waals surface area contributed by atoms with Crippen LogP contribution in [0.4, 0.5) is 5.82 Å². The van der Waals surface area contributed by atoms with E-state index < -0.39 is 5.97 Å². The maximum atomic E-state index is 10.9. The molecular weight excluding hydrogens is 294 g/mol. The molecule has 2 atom stereocenters. The van der Waals surface area contributed by atoms with E-state index in [0.29, 0.717) is 18.0 Å². The molecule has 4 rings (SSSR count). The van der Waals surface area contributed by atoms with Crippen molar-refractivity contribution in [2.75, 3.05) is 4.90 Å². The lowest BCUT2D eigenvalue weighted by Gasteiger charge is -2.39. The third-order valence-electron chi connectivity index (χ3n) is 5.13. The number of aryl methyl sites for hydroxylation is 1. The number of carboxylic acid groups (broad SMARTS) is 1. The summed E-state index contributed by atoms with van der Waals surface area (Å²) in [6.45, 7) is 0. The quantitative estimate of drug-likeness (QED) is 0.930. The zero-order valence-electron chi connectivity index (χ0n) is 13.0. The molecule has 7 nitrogen and oxygen atoms in total. The number of piperidine rings is 1. The van der Waals surface area contributed by atoms with E-state index in [2.05, 4.69) is 26.0 Å². The summed E-state index contributed by atoms with van der Waals surface area (Å²) in [5, 5.41) is 13.2. The maximum absolute atomic E-state index is 10.9. The van der Waals surface area contributed by atoms with E-state index in [1.54, 1.807) is 6.20 Å². The minimum Gasteiger partial charge on any atom is -0.476 e. The highest BCUT2D eigenvalue weighted by atomic mass is 16.4. The summed E-state index contributed by atoms with van der Waals surface area (Å²) >= 11 is 0. The van der Waals surface area contributed by atoms with Gasteiger partial charge in [-0.1, -0.05) is 0 Å². The summed E-state index contributed by atoms with van der Waals surface area (Å²) in [7, 11) is 2.00. The largest absolute Gasteiger partial charge is 0.476 e. The Morgan fingerprint density at radius 2 is 1.96 bits per heavy atom. The Morgan fingerprint density at radius 3 is 2.48 bits per heavy atom. The van der Waals surface area contributed by atoms with Gasteiger partial charge in [0.05, 0.1) is 12.4 Å². The Hall–Kier alpha value is -2.44. The summed E-state index contributed by atoms with van der Waals surface area (Å²) in [5.41, 5.74) is 1.29. The van der Waals surface area contributed by atoms with Crippen molar-refractivity contribution in [3.05, 3.63) is 36.0 Å². The minimum absolute atomic E-state index is 0.00846. The number of nitrogens with zero attached hydrogens (tertiary/aromatic N) is 5. The molecule has 120 valence electrons. The number of rotatable bonds is 3. The molecule has 7 heteroatoms. The third-order valence-corrected chi connectivity index (χ3v) is 5.13. The Balaban J connectivity index is 1.56. The number of fused-ring (bicyclic) bond motifs is 2. The van der Waals surface area contributed by atoms with Crippen molar-refractivity contribution >= 4 is 11.8 Å². The molecule has 0 spiro atoms. The lowest BCUT2D eigenvalue weighted by molar-refractivity contribution is 0.0690. The van der Waals surface area contributed by atoms with Crippen molar-refractivity contribution in [1.82, 2.24) is 19.7 Å². The van der Waals surface area contributed by atoms with Crippen LogP contribution in [0.2, 0.25) is 0 Å². The summed E-state index contributed by atoms with van der Waals surface area (Å²) < 4.78 is 1.97. The van der Waals surface area contributed by atoms with Gasteiger partial charge in [0.15, 0.2) is 5.69 Å². The predicted molar refractivity (Wildman–Crippen MR) is 83.5 cm³/mol. The van der Waals surface area contributed by atoms with Gasteiger partial charge in [0.25, 0.3) is 0 Å². The van der Waals surface area contributed by atoms with Gasteiger partial charge in [-0.15, -0.1) is 0 Å². The molecule has 0 aromatic carbocycles. The summed E-state index contributed by atoms with van der Waals surface area (Å²) in [5.74, 6) is 0.287. The van der Waals surface area contributed by atoms with Crippen LogP contribution in [-0.2, 0) is 7.05 Å². The van der Waals surface area contributed by atoms with Gasteiger partial charge in [-0.3, -0.25) is 4.68 Å². The number of hydrogen-bond donors (Lipinski definition) is 1. The van der Waals surface area contributed by atoms with Crippen LogP contribution in [0, 0.1) is 0 Å². The molecule has 1 N–H and O–H groups in total. The van der Waals surface area contributed by atoms with Gasteiger partial charge in [0.1, 0.15) is 5.82 Å². The average Bonchev–Trinajstić information content (AvgIpc) is 3.08. The van der Waals surface area contributed by atoms with E-state index >= 15 is 0 Å². The van der Waals surface area contributed by atoms with E-state index in [1.165, 1.54) is 11.9 Å². The molecule has 2 aliphatic rings. The SMILES string of the molecule is Cn1nccc1C1CC2CCC(C1)N2c1cnc(C(=O)O)cn1. The standard InChI is InChI=1S/C16H19N5O2/c1-20-14(4-5-19-20)10-6-11-2-3-12(7-10)21(11)15-9-17-13(8-18-15)16(22)23/h4-5,8-12H,2-3,6-7H2,1H3,(H,22,23). The molecule has 2 saturated heterocycles. The first-order valence-corrected chi connectivity index (χ1v) is 7.95. The van der Waals surface area contributed by atoms with Crippen LogP contribution >= 0.6 is 0 Å². The van der Waals surface area contributed by atoms with Crippen LogP contribution in [0.25, 0.3) is 0 Å². The number of hydrogen-bond acceptors (Lipinski definition) is 5. The fourth-order valence-corrected chi connectivity index (χ4v) is 4.14. The molecule has 0 aliphatic carbocycles. The van der Waals surface area contributed by atoms with Crippen LogP contribution in [0.5, 0.6) is 0 Å². The highest BCUT2D eigenvalue weighted by molar-refractivity contribution is 5.84. The minimum atomic E-state index is -1.04. The van der Waals surface area contributed by atoms with Gasteiger partial charge in [0.2, 0.25) is 0 Å². The zero-order valence-corrected chi connectivity index (χ0v) is 13.0. The highest BCUT2D eigenvalue weighted by Gasteiger charge is 2.42. The van der Waals surface area contributed by atoms with Crippen LogP contribution in [0.1, 0.15) is 47.8 Å². The molecular formula is C16H19N5O2. The number of anilines is 1. The van der Waals surface area contributed by atoms with Gasteiger partial charge >= 0.3 is 5.97 Å². The lowest BCUT2D eigenvalue weighted by Crippen LogP contribution is -2.43. The van der Waals surface area contributed by atoms with Crippen LogP contribution in [0.15, 0.2) is 24.7 Å². The number of carboxylic acids is 1. The fraction of sp³-hybridized carbons (Fsp3) is 0.500. The van der Waals surface area contributed by atoms with Gasteiger partial charge in [-0.2, -0.15) is 5.10 Å². The second-order valence-electron chi connectivity index (χ2n) is 6.41. The average molecular weight is 313 g/mol. The lowest BCUT2D eigenvalue weighted by atomic mass is 9.88. The second kappa shape index (κ2) is 5.33. The van der Waals surface area contributed by atoms with Crippen molar-refractivity contribution in [3.63, 3.8) is 0 Å². The topological polar surface area (TPSA) is 84.1 Å². The monoisotopic (exact) mass is 313 g/mol. The Morgan fingerprint density at radius 1 is 1.22 bits per heavy atom. The molecule has 0 saturated carbocycles. The van der Waals surface area contributed by atoms with Gasteiger partial charge in [-0.05, 0) is 31.7 Å². The molecule has 2 fully saturated rings. The van der Waals surface area contributed by atoms with Crippen molar-refractivity contribution in [1.29, 1.82) is 0 Å². The summed E-state index contributed by atoms with van der Waals surface area (Å²) in [6.07, 6.45) is 9.28. The van der Waals surface area contributed by atoms with Crippen LogP contribution in [0.3, 0.4) is 0 Å². The maximum Gasteiger partial charge on any atom is 0.356 e. The summed E-state index contributed by atoms with van der Waals surface area (Å²) in [6, 6.07) is 3.00. The molecule has 0 amide bonds. The predicted octanol–water partition coefficient (Wildman–Crippen LogP) is 1.82. The van der Waals surface area contributed by atoms with Gasteiger partial charge < -0.3 is 10.0 Å². The molecule has 4 heterocycles. The number of carbonyl (C=O) groups is 1. The smallest absolute Gasteiger partial charge is 0.356 e. The first kappa shape index (κ1) is 14.2. The molecule has 23 heavy (non-hydrogen) atoms. The van der Waals surface area contributed by atoms with Crippen LogP contribution in [-0.4, -0.2) is 42.9 Å². The summed E-state index contributed by atoms with van der Waals surface area (Å²) in [4.78, 5) is 21.6. The van der Waals surface area contributed by atoms with E-state index in [4.69, 9.17) is 5.11 Å². The molecule has 2 aromatic heterocycles.